The van der Waals surface area contributed by atoms with E-state index in [0.29, 0.717) is 0 Å². The number of nitrogens with zero attached hydrogens (tertiary/aromatic N) is 2. The summed E-state index contributed by atoms with van der Waals surface area (Å²) in [5.74, 6) is 0.112. The van der Waals surface area contributed by atoms with Gasteiger partial charge in [0, 0.05) is 17.7 Å². The minimum absolute atomic E-state index is 0.112. The van der Waals surface area contributed by atoms with Crippen molar-refractivity contribution in [3.63, 3.8) is 0 Å². The average molecular weight is 198 g/mol. The van der Waals surface area contributed by atoms with Gasteiger partial charge in [0.05, 0.1) is 5.09 Å². The van der Waals surface area contributed by atoms with Crippen molar-refractivity contribution < 1.29 is 14.4 Å². The molecule has 0 atom stereocenters. The zero-order valence-corrected chi connectivity index (χ0v) is 7.84. The summed E-state index contributed by atoms with van der Waals surface area (Å²) in [6.07, 6.45) is 3.72. The van der Waals surface area contributed by atoms with Crippen LogP contribution in [0.1, 0.15) is 17.3 Å². The third-order valence-electron chi connectivity index (χ3n) is 1.38. The number of rotatable bonds is 1. The molecule has 0 aromatic carbocycles. The molecule has 76 valence electrons. The molecule has 0 aliphatic carbocycles. The Morgan fingerprint density at radius 3 is 2.00 bits per heavy atom. The molecule has 0 bridgehead atoms. The first-order valence-corrected chi connectivity index (χ1v) is 3.71. The molecule has 14 heavy (non-hydrogen) atoms. The minimum atomic E-state index is -1.75. The number of Topliss-reactive ketones (excluding diaryl/α,β-unsaturated/α-hetero) is 1. The van der Waals surface area contributed by atoms with E-state index in [4.69, 9.17) is 15.3 Å². The molecule has 1 aromatic rings. The summed E-state index contributed by atoms with van der Waals surface area (Å²) in [6, 6.07) is 3.62. The maximum atomic E-state index is 10.7. The highest BCUT2D eigenvalue weighted by Crippen LogP contribution is 1.94. The van der Waals surface area contributed by atoms with Crippen LogP contribution in [0.25, 0.3) is 0 Å². The molecule has 0 aliphatic rings. The van der Waals surface area contributed by atoms with Gasteiger partial charge in [-0.15, -0.1) is 0 Å². The van der Waals surface area contributed by atoms with E-state index >= 15 is 0 Å². The van der Waals surface area contributed by atoms with Crippen LogP contribution in [0.2, 0.25) is 0 Å². The van der Waals surface area contributed by atoms with Crippen LogP contribution in [0.5, 0.6) is 0 Å². The zero-order chi connectivity index (χ0) is 11.1. The van der Waals surface area contributed by atoms with Crippen molar-refractivity contribution in [1.82, 2.24) is 0 Å². The highest BCUT2D eigenvalue weighted by Gasteiger charge is 1.98. The lowest BCUT2D eigenvalue weighted by Gasteiger charge is -1.90. The number of hydrogen-bond donors (Lipinski definition) is 0. The number of aromatic nitrogens is 1. The van der Waals surface area contributed by atoms with Crippen LogP contribution in [0, 0.1) is 15.3 Å². The van der Waals surface area contributed by atoms with Crippen molar-refractivity contribution >= 4 is 5.78 Å². The second kappa shape index (κ2) is 5.63. The molecule has 6 heteroatoms. The molecule has 0 saturated carbocycles. The van der Waals surface area contributed by atoms with Gasteiger partial charge in [0.2, 0.25) is 0 Å². The molecular weight excluding hydrogens is 188 g/mol. The number of carbonyl (C=O) groups is 1. The Hall–Kier alpha value is -1.98. The van der Waals surface area contributed by atoms with E-state index in [2.05, 4.69) is 0 Å². The molecule has 1 aromatic heterocycles. The van der Waals surface area contributed by atoms with Gasteiger partial charge in [-0.3, -0.25) is 4.79 Å². The largest absolute Gasteiger partial charge is 0.356 e. The average Bonchev–Trinajstić information content (AvgIpc) is 2.03. The fourth-order valence-electron chi connectivity index (χ4n) is 0.736. The fraction of sp³-hybridized carbons (Fsp3) is 0.250. The van der Waals surface area contributed by atoms with Gasteiger partial charge in [-0.05, 0) is 6.92 Å². The molecule has 0 unspecified atom stereocenters. The molecule has 0 spiro atoms. The Labute approximate surface area is 80.5 Å². The molecule has 0 saturated heterocycles. The monoisotopic (exact) mass is 198 g/mol. The van der Waals surface area contributed by atoms with Crippen LogP contribution in [0.4, 0.5) is 0 Å². The predicted octanol–water partition coefficient (Wildman–Crippen LogP) is 0.475. The molecule has 6 nitrogen and oxygen atoms in total. The number of aryl methyl sites for hydroxylation is 1. The summed E-state index contributed by atoms with van der Waals surface area (Å²) in [5, 5.41) is 14.8. The molecule has 0 aliphatic heterocycles. The maximum Gasteiger partial charge on any atom is 0.169 e. The smallest absolute Gasteiger partial charge is 0.169 e. The van der Waals surface area contributed by atoms with Gasteiger partial charge in [-0.2, -0.15) is 0 Å². The van der Waals surface area contributed by atoms with Crippen LogP contribution in [0.3, 0.4) is 0 Å². The van der Waals surface area contributed by atoms with E-state index in [9.17, 15) is 4.79 Å². The van der Waals surface area contributed by atoms with Gasteiger partial charge in [0.15, 0.2) is 18.2 Å². The first-order valence-electron chi connectivity index (χ1n) is 3.71. The van der Waals surface area contributed by atoms with E-state index in [-0.39, 0.29) is 5.78 Å². The lowest BCUT2D eigenvalue weighted by molar-refractivity contribution is -0.671. The first kappa shape index (κ1) is 12.0. The fourth-order valence-corrected chi connectivity index (χ4v) is 0.736. The minimum Gasteiger partial charge on any atom is -0.356 e. The first-order chi connectivity index (χ1) is 6.43. The number of pyridine rings is 1. The van der Waals surface area contributed by atoms with Crippen LogP contribution >= 0.6 is 0 Å². The summed E-state index contributed by atoms with van der Waals surface area (Å²) >= 11 is 0. The lowest BCUT2D eigenvalue weighted by atomic mass is 10.2. The predicted molar refractivity (Wildman–Crippen MR) is 48.0 cm³/mol. The van der Waals surface area contributed by atoms with Crippen LogP contribution in [-0.4, -0.2) is 10.9 Å². The van der Waals surface area contributed by atoms with Crippen molar-refractivity contribution in [2.75, 3.05) is 0 Å². The summed E-state index contributed by atoms with van der Waals surface area (Å²) < 4.78 is 1.90. The Bertz CT molecular complexity index is 317. The van der Waals surface area contributed by atoms with E-state index in [0.717, 1.165) is 5.56 Å². The van der Waals surface area contributed by atoms with Crippen molar-refractivity contribution in [3.05, 3.63) is 45.4 Å². The number of carbonyl (C=O) groups excluding carboxylic acids is 1. The lowest BCUT2D eigenvalue weighted by Crippen LogP contribution is -2.26. The maximum absolute atomic E-state index is 10.7. The second-order valence-electron chi connectivity index (χ2n) is 2.53. The summed E-state index contributed by atoms with van der Waals surface area (Å²) in [7, 11) is 1.92. The standard InChI is InChI=1S/C8H10NO.NO3/c1-7(10)8-3-5-9(2)6-4-8;2-1(3)4/h3-6H,1-2H3;/q+1;-1. The Morgan fingerprint density at radius 2 is 1.71 bits per heavy atom. The third-order valence-corrected chi connectivity index (χ3v) is 1.38. The SMILES string of the molecule is CC(=O)c1cc[n+](C)cc1.O=[N+]([O-])[O-]. The van der Waals surface area contributed by atoms with Gasteiger partial charge < -0.3 is 15.3 Å². The van der Waals surface area contributed by atoms with Crippen molar-refractivity contribution in [3.8, 4) is 0 Å². The van der Waals surface area contributed by atoms with E-state index < -0.39 is 5.09 Å². The molecule has 1 rings (SSSR count). The third kappa shape index (κ3) is 5.64. The van der Waals surface area contributed by atoms with Crippen molar-refractivity contribution in [2.45, 2.75) is 6.92 Å². The normalized spacial score (nSPS) is 8.43. The van der Waals surface area contributed by atoms with Gasteiger partial charge in [-0.25, -0.2) is 4.57 Å². The molecule has 1 heterocycles. The summed E-state index contributed by atoms with van der Waals surface area (Å²) in [6.45, 7) is 1.56. The Morgan fingerprint density at radius 1 is 1.36 bits per heavy atom. The Balaban J connectivity index is 0.000000364. The Kier molecular flexibility index (Phi) is 4.83. The van der Waals surface area contributed by atoms with Gasteiger partial charge in [0.1, 0.15) is 7.05 Å². The number of hydrogen-bond acceptors (Lipinski definition) is 4. The topological polar surface area (TPSA) is 87.1 Å². The second-order valence-corrected chi connectivity index (χ2v) is 2.53. The molecule has 0 fully saturated rings. The molecule has 0 N–H and O–H groups in total. The van der Waals surface area contributed by atoms with E-state index in [1.165, 1.54) is 0 Å². The van der Waals surface area contributed by atoms with Crippen molar-refractivity contribution in [1.29, 1.82) is 0 Å². The van der Waals surface area contributed by atoms with Crippen LogP contribution < -0.4 is 4.57 Å². The summed E-state index contributed by atoms with van der Waals surface area (Å²) in [5.41, 5.74) is 0.762. The van der Waals surface area contributed by atoms with Crippen LogP contribution in [0.15, 0.2) is 24.5 Å². The molecule has 0 radical (unpaired) electrons. The molecular formula is C8H10N2O4. The highest BCUT2D eigenvalue weighted by molar-refractivity contribution is 5.93. The summed E-state index contributed by atoms with van der Waals surface area (Å²) in [4.78, 5) is 19.0. The molecule has 0 amide bonds. The van der Waals surface area contributed by atoms with E-state index in [1.807, 2.05) is 36.1 Å². The van der Waals surface area contributed by atoms with E-state index in [1.54, 1.807) is 6.92 Å². The highest BCUT2D eigenvalue weighted by atomic mass is 16.9. The van der Waals surface area contributed by atoms with Gasteiger partial charge in [-0.1, -0.05) is 0 Å². The van der Waals surface area contributed by atoms with Crippen LogP contribution in [-0.2, 0) is 7.05 Å². The number of ketones is 1. The van der Waals surface area contributed by atoms with Gasteiger partial charge >= 0.3 is 0 Å². The zero-order valence-electron chi connectivity index (χ0n) is 7.84. The quantitative estimate of drug-likeness (QED) is 0.284. The van der Waals surface area contributed by atoms with Gasteiger partial charge in [0.25, 0.3) is 0 Å². The van der Waals surface area contributed by atoms with Crippen molar-refractivity contribution in [2.24, 2.45) is 7.05 Å².